The number of thiophene rings is 1. The van der Waals surface area contributed by atoms with E-state index in [1.165, 1.54) is 15.6 Å². The third-order valence-electron chi connectivity index (χ3n) is 4.62. The molecule has 1 aliphatic rings. The Morgan fingerprint density at radius 2 is 2.15 bits per heavy atom. The number of carboxylic acid groups (broad SMARTS) is 1. The molecule has 1 aromatic carbocycles. The van der Waals surface area contributed by atoms with Crippen LogP contribution >= 0.6 is 11.3 Å². The van der Waals surface area contributed by atoms with Crippen molar-refractivity contribution in [3.63, 3.8) is 0 Å². The van der Waals surface area contributed by atoms with Crippen LogP contribution in [0.1, 0.15) is 44.6 Å². The van der Waals surface area contributed by atoms with E-state index in [0.717, 1.165) is 19.3 Å². The SMILES string of the molecule is CC1(C)CCC(C(=O)O)C(c2cccc3ccsc23)C1. The Bertz CT molecular complexity index is 641. The summed E-state index contributed by atoms with van der Waals surface area (Å²) in [6, 6.07) is 8.41. The molecule has 2 unspecified atom stereocenters. The Morgan fingerprint density at radius 1 is 1.35 bits per heavy atom. The summed E-state index contributed by atoms with van der Waals surface area (Å²) in [5, 5.41) is 12.9. The van der Waals surface area contributed by atoms with Gasteiger partial charge in [-0.25, -0.2) is 0 Å². The molecule has 0 amide bonds. The van der Waals surface area contributed by atoms with Gasteiger partial charge in [-0.2, -0.15) is 0 Å². The van der Waals surface area contributed by atoms with Gasteiger partial charge in [0.2, 0.25) is 0 Å². The lowest BCUT2D eigenvalue weighted by Crippen LogP contribution is -2.33. The van der Waals surface area contributed by atoms with E-state index < -0.39 is 5.97 Å². The second-order valence-electron chi connectivity index (χ2n) is 6.64. The highest BCUT2D eigenvalue weighted by molar-refractivity contribution is 7.17. The Labute approximate surface area is 123 Å². The van der Waals surface area contributed by atoms with Crippen LogP contribution in [-0.4, -0.2) is 11.1 Å². The second kappa shape index (κ2) is 4.88. The van der Waals surface area contributed by atoms with Crippen molar-refractivity contribution in [1.82, 2.24) is 0 Å². The van der Waals surface area contributed by atoms with Crippen molar-refractivity contribution in [2.75, 3.05) is 0 Å². The summed E-state index contributed by atoms with van der Waals surface area (Å²) in [7, 11) is 0. The molecule has 0 bridgehead atoms. The van der Waals surface area contributed by atoms with Crippen LogP contribution < -0.4 is 0 Å². The van der Waals surface area contributed by atoms with E-state index in [0.29, 0.717) is 0 Å². The Hall–Kier alpha value is -1.35. The molecule has 0 radical (unpaired) electrons. The molecule has 0 saturated heterocycles. The van der Waals surface area contributed by atoms with Gasteiger partial charge in [-0.15, -0.1) is 11.3 Å². The van der Waals surface area contributed by atoms with E-state index in [4.69, 9.17) is 0 Å². The first-order valence-corrected chi connectivity index (χ1v) is 8.05. The molecule has 0 spiro atoms. The van der Waals surface area contributed by atoms with E-state index >= 15 is 0 Å². The molecule has 1 aromatic heterocycles. The predicted molar refractivity (Wildman–Crippen MR) is 83.3 cm³/mol. The van der Waals surface area contributed by atoms with E-state index in [2.05, 4.69) is 43.5 Å². The summed E-state index contributed by atoms with van der Waals surface area (Å²) < 4.78 is 1.27. The summed E-state index contributed by atoms with van der Waals surface area (Å²) in [5.41, 5.74) is 1.47. The highest BCUT2D eigenvalue weighted by Crippen LogP contribution is 2.48. The quantitative estimate of drug-likeness (QED) is 0.853. The molecule has 1 N–H and O–H groups in total. The zero-order valence-corrected chi connectivity index (χ0v) is 12.7. The summed E-state index contributed by atoms with van der Waals surface area (Å²) in [4.78, 5) is 11.6. The molecule has 3 heteroatoms. The highest BCUT2D eigenvalue weighted by atomic mass is 32.1. The average molecular weight is 288 g/mol. The molecule has 1 aliphatic carbocycles. The lowest BCUT2D eigenvalue weighted by Gasteiger charge is -2.39. The van der Waals surface area contributed by atoms with Gasteiger partial charge in [0.1, 0.15) is 0 Å². The lowest BCUT2D eigenvalue weighted by atomic mass is 9.65. The third-order valence-corrected chi connectivity index (χ3v) is 5.60. The molecule has 1 saturated carbocycles. The standard InChI is InChI=1S/C17H20O2S/c1-17(2)8-6-13(16(18)19)14(10-17)12-5-3-4-11-7-9-20-15(11)12/h3-5,7,9,13-14H,6,8,10H2,1-2H3,(H,18,19). The number of aliphatic carboxylic acids is 1. The minimum absolute atomic E-state index is 0.138. The fourth-order valence-electron chi connectivity index (χ4n) is 3.52. The number of carboxylic acids is 1. The molecule has 0 aliphatic heterocycles. The monoisotopic (exact) mass is 288 g/mol. The first-order chi connectivity index (χ1) is 9.48. The second-order valence-corrected chi connectivity index (χ2v) is 7.56. The fraction of sp³-hybridized carbons (Fsp3) is 0.471. The average Bonchev–Trinajstić information content (AvgIpc) is 2.85. The van der Waals surface area contributed by atoms with Gasteiger partial charge in [0, 0.05) is 4.70 Å². The molecule has 20 heavy (non-hydrogen) atoms. The van der Waals surface area contributed by atoms with Crippen LogP contribution in [-0.2, 0) is 4.79 Å². The first-order valence-electron chi connectivity index (χ1n) is 7.17. The molecule has 2 nitrogen and oxygen atoms in total. The molecule has 1 fully saturated rings. The number of rotatable bonds is 2. The first kappa shape index (κ1) is 13.6. The molecule has 1 heterocycles. The van der Waals surface area contributed by atoms with E-state index in [-0.39, 0.29) is 17.3 Å². The summed E-state index contributed by atoms with van der Waals surface area (Å²) >= 11 is 1.73. The van der Waals surface area contributed by atoms with Gasteiger partial charge >= 0.3 is 5.97 Å². The minimum Gasteiger partial charge on any atom is -0.481 e. The topological polar surface area (TPSA) is 37.3 Å². The van der Waals surface area contributed by atoms with Gasteiger partial charge in [-0.1, -0.05) is 32.0 Å². The van der Waals surface area contributed by atoms with Crippen LogP contribution in [0, 0.1) is 11.3 Å². The van der Waals surface area contributed by atoms with Crippen molar-refractivity contribution >= 4 is 27.4 Å². The van der Waals surface area contributed by atoms with Crippen LogP contribution in [0.15, 0.2) is 29.6 Å². The fourth-order valence-corrected chi connectivity index (χ4v) is 4.50. The van der Waals surface area contributed by atoms with Crippen molar-refractivity contribution in [2.24, 2.45) is 11.3 Å². The van der Waals surface area contributed by atoms with Crippen molar-refractivity contribution in [3.05, 3.63) is 35.2 Å². The molecule has 2 atom stereocenters. The molecular formula is C17H20O2S. The molecular weight excluding hydrogens is 268 g/mol. The number of fused-ring (bicyclic) bond motifs is 1. The maximum Gasteiger partial charge on any atom is 0.307 e. The summed E-state index contributed by atoms with van der Waals surface area (Å²) in [6.45, 7) is 4.51. The summed E-state index contributed by atoms with van der Waals surface area (Å²) in [5.74, 6) is -0.742. The zero-order valence-electron chi connectivity index (χ0n) is 11.9. The maximum absolute atomic E-state index is 11.6. The number of benzene rings is 1. The van der Waals surface area contributed by atoms with Crippen LogP contribution in [0.5, 0.6) is 0 Å². The Morgan fingerprint density at radius 3 is 2.90 bits per heavy atom. The molecule has 2 aromatic rings. The van der Waals surface area contributed by atoms with E-state index in [1.807, 2.05) is 0 Å². The number of hydrogen-bond acceptors (Lipinski definition) is 2. The van der Waals surface area contributed by atoms with Crippen LogP contribution in [0.3, 0.4) is 0 Å². The maximum atomic E-state index is 11.6. The van der Waals surface area contributed by atoms with Crippen molar-refractivity contribution in [2.45, 2.75) is 39.0 Å². The van der Waals surface area contributed by atoms with Gasteiger partial charge in [0.05, 0.1) is 5.92 Å². The zero-order chi connectivity index (χ0) is 14.3. The van der Waals surface area contributed by atoms with Crippen molar-refractivity contribution in [1.29, 1.82) is 0 Å². The minimum atomic E-state index is -0.640. The lowest BCUT2D eigenvalue weighted by molar-refractivity contribution is -0.144. The van der Waals surface area contributed by atoms with Crippen LogP contribution in [0.4, 0.5) is 0 Å². The normalized spacial score (nSPS) is 25.7. The van der Waals surface area contributed by atoms with Crippen molar-refractivity contribution < 1.29 is 9.90 Å². The van der Waals surface area contributed by atoms with Gasteiger partial charge in [-0.05, 0) is 53.0 Å². The smallest absolute Gasteiger partial charge is 0.307 e. The summed E-state index contributed by atoms with van der Waals surface area (Å²) in [6.07, 6.45) is 2.75. The van der Waals surface area contributed by atoms with Crippen LogP contribution in [0.2, 0.25) is 0 Å². The number of carbonyl (C=O) groups is 1. The molecule has 106 valence electrons. The third kappa shape index (κ3) is 2.35. The number of hydrogen-bond donors (Lipinski definition) is 1. The van der Waals surface area contributed by atoms with Gasteiger partial charge in [-0.3, -0.25) is 4.79 Å². The van der Waals surface area contributed by atoms with Gasteiger partial charge < -0.3 is 5.11 Å². The van der Waals surface area contributed by atoms with Gasteiger partial charge in [0.25, 0.3) is 0 Å². The predicted octanol–water partition coefficient (Wildman–Crippen LogP) is 4.90. The highest BCUT2D eigenvalue weighted by Gasteiger charge is 2.39. The largest absolute Gasteiger partial charge is 0.481 e. The molecule has 3 rings (SSSR count). The van der Waals surface area contributed by atoms with E-state index in [1.54, 1.807) is 11.3 Å². The Balaban J connectivity index is 2.08. The van der Waals surface area contributed by atoms with Gasteiger partial charge in [0.15, 0.2) is 0 Å². The van der Waals surface area contributed by atoms with E-state index in [9.17, 15) is 9.90 Å². The Kier molecular flexibility index (Phi) is 3.33. The van der Waals surface area contributed by atoms with Crippen molar-refractivity contribution in [3.8, 4) is 0 Å². The van der Waals surface area contributed by atoms with Crippen LogP contribution in [0.25, 0.3) is 10.1 Å².